The molecule has 1 aromatic carbocycles. The fraction of sp³-hybridized carbons (Fsp3) is 0.400. The number of carbonyl (C=O) groups excluding carboxylic acids is 3. The Bertz CT molecular complexity index is 613. The van der Waals surface area contributed by atoms with Crippen LogP contribution in [-0.4, -0.2) is 34.7 Å². The smallest absolute Gasteiger partial charge is 0.249 e. The Hall–Kier alpha value is -1.88. The van der Waals surface area contributed by atoms with Gasteiger partial charge in [-0.05, 0) is 24.5 Å². The highest BCUT2D eigenvalue weighted by atomic mass is 35.5. The van der Waals surface area contributed by atoms with Crippen LogP contribution in [0.1, 0.15) is 24.8 Å². The molecule has 5 nitrogen and oxygen atoms in total. The maximum Gasteiger partial charge on any atom is 0.249 e. The van der Waals surface area contributed by atoms with Crippen molar-refractivity contribution in [3.63, 3.8) is 0 Å². The molecule has 1 N–H and O–H groups in total. The van der Waals surface area contributed by atoms with Gasteiger partial charge >= 0.3 is 0 Å². The second-order valence-corrected chi connectivity index (χ2v) is 5.84. The molecular weight excluding hydrogens is 292 g/mol. The molecule has 1 saturated carbocycles. The van der Waals surface area contributed by atoms with E-state index < -0.39 is 6.04 Å². The summed E-state index contributed by atoms with van der Waals surface area (Å²) in [6.07, 6.45) is 1.97. The van der Waals surface area contributed by atoms with Crippen molar-refractivity contribution < 1.29 is 14.4 Å². The van der Waals surface area contributed by atoms with Gasteiger partial charge in [-0.15, -0.1) is 0 Å². The molecule has 110 valence electrons. The van der Waals surface area contributed by atoms with Crippen LogP contribution in [0.3, 0.4) is 0 Å². The Balaban J connectivity index is 1.78. The van der Waals surface area contributed by atoms with E-state index in [9.17, 15) is 14.4 Å². The largest absolute Gasteiger partial charge is 0.327 e. The van der Waals surface area contributed by atoms with E-state index in [4.69, 9.17) is 11.6 Å². The lowest BCUT2D eigenvalue weighted by molar-refractivity contribution is -0.139. The summed E-state index contributed by atoms with van der Waals surface area (Å²) in [7, 11) is 0. The highest BCUT2D eigenvalue weighted by molar-refractivity contribution is 6.31. The molecular formula is C15H15ClN2O3. The summed E-state index contributed by atoms with van der Waals surface area (Å²) in [5, 5.41) is 2.80. The van der Waals surface area contributed by atoms with Gasteiger partial charge in [0.15, 0.2) is 0 Å². The summed E-state index contributed by atoms with van der Waals surface area (Å²) in [5.41, 5.74) is 0.736. The Morgan fingerprint density at radius 3 is 2.57 bits per heavy atom. The lowest BCUT2D eigenvalue weighted by Crippen LogP contribution is -2.46. The van der Waals surface area contributed by atoms with Gasteiger partial charge in [-0.25, -0.2) is 0 Å². The van der Waals surface area contributed by atoms with Crippen LogP contribution in [0.25, 0.3) is 0 Å². The minimum Gasteiger partial charge on any atom is -0.327 e. The second-order valence-electron chi connectivity index (χ2n) is 5.43. The normalized spacial score (nSPS) is 21.3. The number of rotatable bonds is 4. The van der Waals surface area contributed by atoms with Gasteiger partial charge in [-0.1, -0.05) is 29.8 Å². The third-order valence-corrected chi connectivity index (χ3v) is 4.18. The van der Waals surface area contributed by atoms with Gasteiger partial charge in [0.05, 0.1) is 12.8 Å². The minimum absolute atomic E-state index is 0.0591. The van der Waals surface area contributed by atoms with E-state index in [0.717, 1.165) is 18.4 Å². The molecule has 0 aromatic heterocycles. The lowest BCUT2D eigenvalue weighted by Gasteiger charge is -2.27. The predicted octanol–water partition coefficient (Wildman–Crippen LogP) is 1.29. The van der Waals surface area contributed by atoms with Gasteiger partial charge in [0, 0.05) is 11.1 Å². The van der Waals surface area contributed by atoms with Crippen LogP contribution in [0.5, 0.6) is 0 Å². The van der Waals surface area contributed by atoms with Gasteiger partial charge in [0.2, 0.25) is 17.7 Å². The van der Waals surface area contributed by atoms with Crippen molar-refractivity contribution in [2.45, 2.75) is 37.8 Å². The number of hydrogen-bond acceptors (Lipinski definition) is 3. The van der Waals surface area contributed by atoms with Gasteiger partial charge in [0.1, 0.15) is 6.04 Å². The zero-order chi connectivity index (χ0) is 15.0. The number of hydrogen-bond donors (Lipinski definition) is 1. The number of amides is 3. The topological polar surface area (TPSA) is 66.5 Å². The standard InChI is InChI=1S/C15H15ClN2O3/c16-11-4-2-1-3-9(11)7-14(20)18(10-5-6-10)12-8-13(19)17-15(12)21/h1-4,10,12H,5-8H2,(H,17,19,21). The highest BCUT2D eigenvalue weighted by Gasteiger charge is 2.44. The van der Waals surface area contributed by atoms with Crippen LogP contribution in [0.4, 0.5) is 0 Å². The summed E-state index contributed by atoms with van der Waals surface area (Å²) in [4.78, 5) is 37.3. The third kappa shape index (κ3) is 2.93. The molecule has 0 radical (unpaired) electrons. The van der Waals surface area contributed by atoms with Gasteiger partial charge < -0.3 is 4.90 Å². The molecule has 21 heavy (non-hydrogen) atoms. The average molecular weight is 307 g/mol. The lowest BCUT2D eigenvalue weighted by atomic mass is 10.1. The number of halogens is 1. The number of imide groups is 1. The van der Waals surface area contributed by atoms with Gasteiger partial charge in [-0.3, -0.25) is 19.7 Å². The molecule has 1 aliphatic heterocycles. The van der Waals surface area contributed by atoms with Crippen LogP contribution in [0.15, 0.2) is 24.3 Å². The fourth-order valence-electron chi connectivity index (χ4n) is 2.65. The maximum atomic E-state index is 12.6. The summed E-state index contributed by atoms with van der Waals surface area (Å²) < 4.78 is 0. The van der Waals surface area contributed by atoms with E-state index in [-0.39, 0.29) is 36.6 Å². The second kappa shape index (κ2) is 5.48. The highest BCUT2D eigenvalue weighted by Crippen LogP contribution is 2.31. The summed E-state index contributed by atoms with van der Waals surface area (Å²) in [6.45, 7) is 0. The zero-order valence-electron chi connectivity index (χ0n) is 11.3. The Kier molecular flexibility index (Phi) is 3.68. The number of nitrogens with zero attached hydrogens (tertiary/aromatic N) is 1. The zero-order valence-corrected chi connectivity index (χ0v) is 12.1. The first kappa shape index (κ1) is 14.1. The van der Waals surface area contributed by atoms with Gasteiger partial charge in [0.25, 0.3) is 0 Å². The molecule has 2 aliphatic rings. The minimum atomic E-state index is -0.667. The Labute approximate surface area is 127 Å². The molecule has 1 heterocycles. The van der Waals surface area contributed by atoms with E-state index in [0.29, 0.717) is 5.02 Å². The maximum absolute atomic E-state index is 12.6. The molecule has 3 rings (SSSR count). The van der Waals surface area contributed by atoms with E-state index in [1.807, 2.05) is 6.07 Å². The SMILES string of the molecule is O=C1CC(N(C(=O)Cc2ccccc2Cl)C2CC2)C(=O)N1. The predicted molar refractivity (Wildman–Crippen MR) is 76.6 cm³/mol. The summed E-state index contributed by atoms with van der Waals surface area (Å²) >= 11 is 6.08. The Morgan fingerprint density at radius 1 is 1.29 bits per heavy atom. The molecule has 2 fully saturated rings. The van der Waals surface area contributed by atoms with E-state index in [1.165, 1.54) is 0 Å². The first-order valence-corrected chi connectivity index (χ1v) is 7.32. The van der Waals surface area contributed by atoms with E-state index in [1.54, 1.807) is 23.1 Å². The molecule has 0 spiro atoms. The Morgan fingerprint density at radius 2 is 2.00 bits per heavy atom. The van der Waals surface area contributed by atoms with E-state index >= 15 is 0 Å². The summed E-state index contributed by atoms with van der Waals surface area (Å²) in [5.74, 6) is -0.846. The molecule has 6 heteroatoms. The van der Waals surface area contributed by atoms with Crippen molar-refractivity contribution in [1.29, 1.82) is 0 Å². The first-order chi connectivity index (χ1) is 10.1. The van der Waals surface area contributed by atoms with Crippen LogP contribution in [-0.2, 0) is 20.8 Å². The molecule has 1 atom stereocenters. The number of nitrogens with one attached hydrogen (secondary N) is 1. The third-order valence-electron chi connectivity index (χ3n) is 3.81. The number of carbonyl (C=O) groups is 3. The van der Waals surface area contributed by atoms with Crippen LogP contribution < -0.4 is 5.32 Å². The summed E-state index contributed by atoms with van der Waals surface area (Å²) in [6, 6.07) is 6.56. The molecule has 1 unspecified atom stereocenters. The van der Waals surface area contributed by atoms with Crippen molar-refractivity contribution in [1.82, 2.24) is 10.2 Å². The number of benzene rings is 1. The molecule has 3 amide bonds. The first-order valence-electron chi connectivity index (χ1n) is 6.94. The fourth-order valence-corrected chi connectivity index (χ4v) is 2.85. The quantitative estimate of drug-likeness (QED) is 0.852. The van der Waals surface area contributed by atoms with Gasteiger partial charge in [-0.2, -0.15) is 0 Å². The van der Waals surface area contributed by atoms with Crippen molar-refractivity contribution >= 4 is 29.3 Å². The van der Waals surface area contributed by atoms with Crippen molar-refractivity contribution in [3.05, 3.63) is 34.9 Å². The molecule has 0 bridgehead atoms. The average Bonchev–Trinajstić information content (AvgIpc) is 3.19. The monoisotopic (exact) mass is 306 g/mol. The van der Waals surface area contributed by atoms with Crippen LogP contribution in [0, 0.1) is 0 Å². The molecule has 1 aliphatic carbocycles. The molecule has 1 aromatic rings. The van der Waals surface area contributed by atoms with E-state index in [2.05, 4.69) is 5.32 Å². The van der Waals surface area contributed by atoms with Crippen LogP contribution >= 0.6 is 11.6 Å². The van der Waals surface area contributed by atoms with Crippen molar-refractivity contribution in [3.8, 4) is 0 Å². The van der Waals surface area contributed by atoms with Crippen LogP contribution in [0.2, 0.25) is 5.02 Å². The van der Waals surface area contributed by atoms with Crippen molar-refractivity contribution in [2.75, 3.05) is 0 Å². The van der Waals surface area contributed by atoms with Crippen molar-refractivity contribution in [2.24, 2.45) is 0 Å². The molecule has 1 saturated heterocycles.